The van der Waals surface area contributed by atoms with Crippen LogP contribution in [0.2, 0.25) is 0 Å². The smallest absolute Gasteiger partial charge is 0.463 e. The molecule has 0 aromatic heterocycles. The minimum Gasteiger partial charge on any atom is -0.463 e. The van der Waals surface area contributed by atoms with Gasteiger partial charge in [-0.15, -0.1) is 0 Å². The van der Waals surface area contributed by atoms with Crippen molar-refractivity contribution in [1.29, 1.82) is 0 Å². The largest absolute Gasteiger partial charge is 0.472 e. The van der Waals surface area contributed by atoms with Gasteiger partial charge in [0.15, 0.2) is 6.10 Å². The number of phosphoric acid groups is 2. The SMILES string of the molecule is CC/C=C\C/C=C\C/C=C\C/C=C\C/C=C\C/C=C\CCCCCCCCCCC(=O)OCC(O)COP(=O)(O)OCC(O)COP(=O)(O)OCC(COC(=O)CCCCCCC/C=C\C/C=C\C/C=C\CC)OC(=O)CCCCCCC/C=C\CCCC. The lowest BCUT2D eigenvalue weighted by atomic mass is 10.1. The van der Waals surface area contributed by atoms with E-state index < -0.39 is 91.5 Å². The summed E-state index contributed by atoms with van der Waals surface area (Å²) in [6.45, 7) is 2.34. The number of esters is 3. The van der Waals surface area contributed by atoms with Gasteiger partial charge in [0.1, 0.15) is 25.4 Å². The number of unbranched alkanes of at least 4 members (excludes halogenated alkanes) is 20. The van der Waals surface area contributed by atoms with Crippen molar-refractivity contribution >= 4 is 33.6 Å². The van der Waals surface area contributed by atoms with Crippen LogP contribution in [0.5, 0.6) is 0 Å². The lowest BCUT2D eigenvalue weighted by Gasteiger charge is -2.21. The van der Waals surface area contributed by atoms with Gasteiger partial charge in [0.05, 0.1) is 26.4 Å². The molecule has 89 heavy (non-hydrogen) atoms. The molecule has 0 aromatic carbocycles. The summed E-state index contributed by atoms with van der Waals surface area (Å²) in [5.74, 6) is -1.62. The predicted molar refractivity (Wildman–Crippen MR) is 362 cm³/mol. The van der Waals surface area contributed by atoms with Gasteiger partial charge in [-0.2, -0.15) is 0 Å². The number of carbonyl (C=O) groups excluding carboxylic acids is 3. The molecule has 0 heterocycles. The summed E-state index contributed by atoms with van der Waals surface area (Å²) in [4.78, 5) is 58.2. The highest BCUT2D eigenvalue weighted by atomic mass is 31.2. The zero-order valence-electron chi connectivity index (χ0n) is 55.1. The summed E-state index contributed by atoms with van der Waals surface area (Å²) in [5.41, 5.74) is 0. The molecule has 0 saturated heterocycles. The normalized spacial score (nSPS) is 15.0. The summed E-state index contributed by atoms with van der Waals surface area (Å²) >= 11 is 0. The van der Waals surface area contributed by atoms with E-state index in [1.54, 1.807) is 0 Å². The van der Waals surface area contributed by atoms with Gasteiger partial charge in [-0.3, -0.25) is 32.5 Å². The number of phosphoric ester groups is 2. The van der Waals surface area contributed by atoms with Crippen molar-refractivity contribution in [2.24, 2.45) is 0 Å². The van der Waals surface area contributed by atoms with Crippen molar-refractivity contribution in [1.82, 2.24) is 0 Å². The van der Waals surface area contributed by atoms with Crippen LogP contribution in [0.4, 0.5) is 0 Å². The van der Waals surface area contributed by atoms with Crippen LogP contribution in [0.3, 0.4) is 0 Å². The average molecular weight is 1290 g/mol. The van der Waals surface area contributed by atoms with E-state index >= 15 is 0 Å². The van der Waals surface area contributed by atoms with Gasteiger partial charge in [0.25, 0.3) is 0 Å². The van der Waals surface area contributed by atoms with Gasteiger partial charge < -0.3 is 34.2 Å². The molecule has 0 aromatic rings. The van der Waals surface area contributed by atoms with Gasteiger partial charge in [-0.1, -0.05) is 232 Å². The standard InChI is InChI=1S/C71H120O16P2/c1-4-7-10-13-16-19-22-24-26-27-28-29-30-31-32-33-34-35-36-37-39-41-43-45-48-51-54-57-69(74)81-60-66(72)61-83-88(77,78)84-62-67(73)63-85-89(79,80)86-65-68(87-71(76)59-56-53-50-47-42-21-18-15-12-9-6-3)64-82-70(75)58-55-52-49-46-44-40-38-25-23-20-17-14-11-8-5-2/h7-8,10-11,15-20,24-26,28-29,31-32,34-35,38,66-68,72-73H,4-6,9,12-14,21-23,27,30,33,36-37,39-65H2,1-3H3,(H,77,78)(H,79,80)/b10-7-,11-8-,18-15-,19-16-,20-17-,26-24-,29-28-,32-31-,35-34-,38-25-. The molecule has 0 bridgehead atoms. The van der Waals surface area contributed by atoms with E-state index in [2.05, 4.69) is 142 Å². The Bertz CT molecular complexity index is 2110. The molecule has 0 aliphatic heterocycles. The highest BCUT2D eigenvalue weighted by Gasteiger charge is 2.29. The van der Waals surface area contributed by atoms with Gasteiger partial charge >= 0.3 is 33.6 Å². The number of hydrogen-bond donors (Lipinski definition) is 4. The third kappa shape index (κ3) is 65.3. The van der Waals surface area contributed by atoms with Crippen molar-refractivity contribution in [3.05, 3.63) is 122 Å². The fraction of sp³-hybridized carbons (Fsp3) is 0.676. The van der Waals surface area contributed by atoms with Crippen molar-refractivity contribution in [2.45, 2.75) is 270 Å². The molecule has 4 N–H and O–H groups in total. The van der Waals surface area contributed by atoms with E-state index in [0.717, 1.165) is 161 Å². The van der Waals surface area contributed by atoms with Crippen LogP contribution in [0.1, 0.15) is 252 Å². The van der Waals surface area contributed by atoms with Crippen molar-refractivity contribution in [3.8, 4) is 0 Å². The molecule has 0 amide bonds. The van der Waals surface area contributed by atoms with E-state index in [0.29, 0.717) is 19.3 Å². The molecular weight excluding hydrogens is 1170 g/mol. The minimum absolute atomic E-state index is 0.0881. The number of allylic oxidation sites excluding steroid dienone is 20. The molecule has 16 nitrogen and oxygen atoms in total. The number of aliphatic hydroxyl groups excluding tert-OH is 2. The summed E-state index contributed by atoms with van der Waals surface area (Å²) in [6, 6.07) is 0. The summed E-state index contributed by atoms with van der Waals surface area (Å²) in [7, 11) is -9.78. The minimum atomic E-state index is -4.93. The van der Waals surface area contributed by atoms with E-state index in [1.165, 1.54) is 32.1 Å². The monoisotopic (exact) mass is 1290 g/mol. The molecule has 0 spiro atoms. The third-order valence-corrected chi connectivity index (χ3v) is 15.6. The predicted octanol–water partition coefficient (Wildman–Crippen LogP) is 18.6. The quantitative estimate of drug-likeness (QED) is 0.0146. The first-order chi connectivity index (χ1) is 43.2. The molecule has 0 radical (unpaired) electrons. The molecule has 5 unspecified atom stereocenters. The van der Waals surface area contributed by atoms with Crippen LogP contribution in [0, 0.1) is 0 Å². The van der Waals surface area contributed by atoms with E-state index in [9.17, 15) is 43.5 Å². The van der Waals surface area contributed by atoms with Gasteiger partial charge in [-0.25, -0.2) is 9.13 Å². The first kappa shape index (κ1) is 85.0. The highest BCUT2D eigenvalue weighted by Crippen LogP contribution is 2.45. The van der Waals surface area contributed by atoms with Crippen LogP contribution in [0.15, 0.2) is 122 Å². The summed E-state index contributed by atoms with van der Waals surface area (Å²) < 4.78 is 60.7. The molecule has 18 heteroatoms. The average Bonchev–Trinajstić information content (AvgIpc) is 3.56. The number of rotatable bonds is 63. The second kappa shape index (κ2) is 64.1. The van der Waals surface area contributed by atoms with Crippen molar-refractivity contribution in [2.75, 3.05) is 39.6 Å². The van der Waals surface area contributed by atoms with Crippen molar-refractivity contribution < 1.29 is 75.8 Å². The van der Waals surface area contributed by atoms with Crippen LogP contribution in [-0.4, -0.2) is 95.9 Å². The Morgan fingerprint density at radius 3 is 0.955 bits per heavy atom. The van der Waals surface area contributed by atoms with Crippen LogP contribution in [-0.2, 0) is 55.8 Å². The lowest BCUT2D eigenvalue weighted by Crippen LogP contribution is -2.30. The zero-order valence-corrected chi connectivity index (χ0v) is 56.8. The molecule has 0 fully saturated rings. The molecule has 0 rings (SSSR count). The molecule has 0 saturated carbocycles. The molecule has 0 aliphatic rings. The Labute approximate surface area is 538 Å². The topological polar surface area (TPSA) is 231 Å². The molecular formula is C71H120O16P2. The zero-order chi connectivity index (χ0) is 65.3. The Balaban J connectivity index is 4.49. The second-order valence-corrected chi connectivity index (χ2v) is 25.1. The van der Waals surface area contributed by atoms with Gasteiger partial charge in [0.2, 0.25) is 0 Å². The van der Waals surface area contributed by atoms with Crippen molar-refractivity contribution in [3.63, 3.8) is 0 Å². The first-order valence-corrected chi connectivity index (χ1v) is 36.8. The molecule has 0 aliphatic carbocycles. The highest BCUT2D eigenvalue weighted by molar-refractivity contribution is 7.47. The van der Waals surface area contributed by atoms with E-state index in [4.69, 9.17) is 32.3 Å². The van der Waals surface area contributed by atoms with Crippen LogP contribution in [0.25, 0.3) is 0 Å². The Kier molecular flexibility index (Phi) is 61.2. The van der Waals surface area contributed by atoms with Crippen LogP contribution < -0.4 is 0 Å². The maximum absolute atomic E-state index is 12.8. The summed E-state index contributed by atoms with van der Waals surface area (Å²) in [5, 5.41) is 20.5. The Hall–Kier alpha value is -4.05. The maximum Gasteiger partial charge on any atom is 0.472 e. The lowest BCUT2D eigenvalue weighted by molar-refractivity contribution is -0.161. The number of ether oxygens (including phenoxy) is 3. The fourth-order valence-electron chi connectivity index (χ4n) is 8.51. The first-order valence-electron chi connectivity index (χ1n) is 33.8. The fourth-order valence-corrected chi connectivity index (χ4v) is 10.1. The number of aliphatic hydroxyl groups is 2. The van der Waals surface area contributed by atoms with Crippen LogP contribution >= 0.6 is 15.6 Å². The van der Waals surface area contributed by atoms with Gasteiger partial charge in [0, 0.05) is 19.3 Å². The molecule has 5 atom stereocenters. The van der Waals surface area contributed by atoms with E-state index in [-0.39, 0.29) is 19.3 Å². The van der Waals surface area contributed by atoms with E-state index in [1.807, 2.05) is 0 Å². The number of hydrogen-bond acceptors (Lipinski definition) is 14. The second-order valence-electron chi connectivity index (χ2n) is 22.2. The third-order valence-electron chi connectivity index (χ3n) is 13.7. The Morgan fingerprint density at radius 1 is 0.326 bits per heavy atom. The van der Waals surface area contributed by atoms with Gasteiger partial charge in [-0.05, 0) is 122 Å². The maximum atomic E-state index is 12.8. The molecule has 510 valence electrons. The summed E-state index contributed by atoms with van der Waals surface area (Å²) in [6.07, 6.45) is 72.7. The Morgan fingerprint density at radius 2 is 0.596 bits per heavy atom. The number of carbonyl (C=O) groups is 3.